The third-order valence-electron chi connectivity index (χ3n) is 3.29. The summed E-state index contributed by atoms with van der Waals surface area (Å²) >= 11 is 0. The van der Waals surface area contributed by atoms with Gasteiger partial charge in [-0.1, -0.05) is 12.1 Å². The number of aromatic nitrogens is 2. The maximum atomic E-state index is 5.76. The van der Waals surface area contributed by atoms with Gasteiger partial charge in [-0.2, -0.15) is 0 Å². The normalized spacial score (nSPS) is 18.4. The molecule has 4 nitrogen and oxygen atoms in total. The number of ether oxygens (including phenoxy) is 1. The molecule has 18 heavy (non-hydrogen) atoms. The van der Waals surface area contributed by atoms with Crippen LogP contribution in [0.5, 0.6) is 0 Å². The first kappa shape index (κ1) is 11.3. The molecule has 0 fully saturated rings. The molecule has 1 atom stereocenters. The van der Waals surface area contributed by atoms with Crippen LogP contribution in [0.2, 0.25) is 0 Å². The molecule has 0 unspecified atom stereocenters. The predicted molar refractivity (Wildman–Crippen MR) is 68.9 cm³/mol. The zero-order valence-electron chi connectivity index (χ0n) is 10.0. The Morgan fingerprint density at radius 2 is 2.06 bits per heavy atom. The predicted octanol–water partition coefficient (Wildman–Crippen LogP) is 1.72. The van der Waals surface area contributed by atoms with Crippen molar-refractivity contribution < 1.29 is 4.74 Å². The van der Waals surface area contributed by atoms with Crippen molar-refractivity contribution in [2.75, 3.05) is 13.2 Å². The van der Waals surface area contributed by atoms with Gasteiger partial charge in [0.15, 0.2) is 0 Å². The van der Waals surface area contributed by atoms with Crippen LogP contribution in [0.15, 0.2) is 36.9 Å². The zero-order valence-corrected chi connectivity index (χ0v) is 10.0. The largest absolute Gasteiger partial charge is 0.372 e. The van der Waals surface area contributed by atoms with Crippen molar-refractivity contribution in [1.29, 1.82) is 0 Å². The van der Waals surface area contributed by atoms with Gasteiger partial charge >= 0.3 is 0 Å². The summed E-state index contributed by atoms with van der Waals surface area (Å²) in [5.74, 6) is 0. The Balaban J connectivity index is 2.04. The van der Waals surface area contributed by atoms with Gasteiger partial charge in [0.25, 0.3) is 0 Å². The van der Waals surface area contributed by atoms with E-state index in [4.69, 9.17) is 10.5 Å². The SMILES string of the molecule is NC[C@H]1OCCc2ccc(-c3cncnc3)cc21. The van der Waals surface area contributed by atoms with Gasteiger partial charge in [0.05, 0.1) is 12.7 Å². The highest BCUT2D eigenvalue weighted by Crippen LogP contribution is 2.30. The van der Waals surface area contributed by atoms with Crippen LogP contribution in [0.3, 0.4) is 0 Å². The summed E-state index contributed by atoms with van der Waals surface area (Å²) in [6.07, 6.45) is 6.13. The van der Waals surface area contributed by atoms with Crippen molar-refractivity contribution in [2.45, 2.75) is 12.5 Å². The number of nitrogens with two attached hydrogens (primary N) is 1. The highest BCUT2D eigenvalue weighted by molar-refractivity contribution is 5.63. The van der Waals surface area contributed by atoms with Crippen LogP contribution < -0.4 is 5.73 Å². The van der Waals surface area contributed by atoms with E-state index in [1.54, 1.807) is 0 Å². The average molecular weight is 241 g/mol. The Hall–Kier alpha value is -1.78. The minimum atomic E-state index is 0.0123. The van der Waals surface area contributed by atoms with Gasteiger partial charge in [-0.3, -0.25) is 0 Å². The van der Waals surface area contributed by atoms with Crippen molar-refractivity contribution in [2.24, 2.45) is 5.73 Å². The van der Waals surface area contributed by atoms with E-state index in [0.717, 1.165) is 24.2 Å². The number of hydrogen-bond donors (Lipinski definition) is 1. The minimum Gasteiger partial charge on any atom is -0.372 e. The fourth-order valence-electron chi connectivity index (χ4n) is 2.35. The second-order valence-corrected chi connectivity index (χ2v) is 4.39. The van der Waals surface area contributed by atoms with Gasteiger partial charge in [-0.25, -0.2) is 9.97 Å². The van der Waals surface area contributed by atoms with Gasteiger partial charge in [-0.15, -0.1) is 0 Å². The van der Waals surface area contributed by atoms with Crippen molar-refractivity contribution in [3.05, 3.63) is 48.0 Å². The van der Waals surface area contributed by atoms with Crippen LogP contribution in [0.25, 0.3) is 11.1 Å². The molecule has 0 saturated heterocycles. The minimum absolute atomic E-state index is 0.0123. The number of benzene rings is 1. The van der Waals surface area contributed by atoms with Gasteiger partial charge in [0.2, 0.25) is 0 Å². The van der Waals surface area contributed by atoms with Crippen molar-refractivity contribution >= 4 is 0 Å². The van der Waals surface area contributed by atoms with E-state index in [-0.39, 0.29) is 6.10 Å². The monoisotopic (exact) mass is 241 g/mol. The molecular weight excluding hydrogens is 226 g/mol. The Morgan fingerprint density at radius 3 is 2.83 bits per heavy atom. The Bertz CT molecular complexity index is 542. The summed E-state index contributed by atoms with van der Waals surface area (Å²) in [7, 11) is 0. The molecule has 0 spiro atoms. The fourth-order valence-corrected chi connectivity index (χ4v) is 2.35. The lowest BCUT2D eigenvalue weighted by molar-refractivity contribution is 0.0485. The lowest BCUT2D eigenvalue weighted by Gasteiger charge is -2.25. The Kier molecular flexibility index (Phi) is 3.04. The molecule has 0 saturated carbocycles. The second-order valence-electron chi connectivity index (χ2n) is 4.39. The molecule has 4 heteroatoms. The molecule has 0 aliphatic carbocycles. The summed E-state index contributed by atoms with van der Waals surface area (Å²) in [5.41, 5.74) is 10.4. The van der Waals surface area contributed by atoms with E-state index >= 15 is 0 Å². The number of fused-ring (bicyclic) bond motifs is 1. The van der Waals surface area contributed by atoms with E-state index in [9.17, 15) is 0 Å². The molecule has 0 bridgehead atoms. The van der Waals surface area contributed by atoms with Crippen molar-refractivity contribution in [1.82, 2.24) is 9.97 Å². The molecular formula is C14H15N3O. The first-order valence-electron chi connectivity index (χ1n) is 6.08. The molecule has 0 radical (unpaired) electrons. The van der Waals surface area contributed by atoms with Crippen LogP contribution in [0.4, 0.5) is 0 Å². The molecule has 2 aromatic rings. The Labute approximate surface area is 106 Å². The highest BCUT2D eigenvalue weighted by atomic mass is 16.5. The standard InChI is InChI=1S/C14H15N3O/c15-6-14-13-5-11(12-7-16-9-17-8-12)2-1-10(13)3-4-18-14/h1-2,5,7-9,14H,3-4,6,15H2/t14-/m1/s1. The van der Waals surface area contributed by atoms with Crippen molar-refractivity contribution in [3.63, 3.8) is 0 Å². The lowest BCUT2D eigenvalue weighted by Crippen LogP contribution is -2.23. The molecule has 2 N–H and O–H groups in total. The molecule has 0 amide bonds. The Morgan fingerprint density at radius 1 is 1.22 bits per heavy atom. The van der Waals surface area contributed by atoms with Crippen molar-refractivity contribution in [3.8, 4) is 11.1 Å². The summed E-state index contributed by atoms with van der Waals surface area (Å²) in [4.78, 5) is 8.09. The number of rotatable bonds is 2. The smallest absolute Gasteiger partial charge is 0.115 e. The molecule has 92 valence electrons. The quantitative estimate of drug-likeness (QED) is 0.869. The van der Waals surface area contributed by atoms with Gasteiger partial charge in [0.1, 0.15) is 6.33 Å². The maximum Gasteiger partial charge on any atom is 0.115 e. The van der Waals surface area contributed by atoms with E-state index in [1.807, 2.05) is 12.4 Å². The lowest BCUT2D eigenvalue weighted by atomic mass is 9.94. The first-order chi connectivity index (χ1) is 8.88. The third kappa shape index (κ3) is 2.00. The van der Waals surface area contributed by atoms with Crippen LogP contribution in [0.1, 0.15) is 17.2 Å². The summed E-state index contributed by atoms with van der Waals surface area (Å²) in [6.45, 7) is 1.27. The number of hydrogen-bond acceptors (Lipinski definition) is 4. The molecule has 1 aliphatic heterocycles. The number of nitrogens with zero attached hydrogens (tertiary/aromatic N) is 2. The van der Waals surface area contributed by atoms with Crippen LogP contribution in [-0.2, 0) is 11.2 Å². The van der Waals surface area contributed by atoms with Crippen LogP contribution in [-0.4, -0.2) is 23.1 Å². The summed E-state index contributed by atoms with van der Waals surface area (Å²) < 4.78 is 5.69. The molecule has 1 aliphatic rings. The topological polar surface area (TPSA) is 61.0 Å². The maximum absolute atomic E-state index is 5.76. The molecule has 3 rings (SSSR count). The van der Waals surface area contributed by atoms with Crippen LogP contribution in [0, 0.1) is 0 Å². The van der Waals surface area contributed by atoms with E-state index in [2.05, 4.69) is 28.2 Å². The van der Waals surface area contributed by atoms with Crippen LogP contribution >= 0.6 is 0 Å². The highest BCUT2D eigenvalue weighted by Gasteiger charge is 2.19. The van der Waals surface area contributed by atoms with Gasteiger partial charge in [0, 0.05) is 24.5 Å². The van der Waals surface area contributed by atoms with Gasteiger partial charge in [-0.05, 0) is 29.2 Å². The summed E-state index contributed by atoms with van der Waals surface area (Å²) in [5, 5.41) is 0. The molecule has 1 aromatic heterocycles. The van der Waals surface area contributed by atoms with E-state index in [1.165, 1.54) is 17.5 Å². The fraction of sp³-hybridized carbons (Fsp3) is 0.286. The molecule has 1 aromatic carbocycles. The molecule has 2 heterocycles. The first-order valence-corrected chi connectivity index (χ1v) is 6.08. The zero-order chi connectivity index (χ0) is 12.4. The van der Waals surface area contributed by atoms with E-state index < -0.39 is 0 Å². The average Bonchev–Trinajstić information content (AvgIpc) is 2.47. The second kappa shape index (κ2) is 4.84. The summed E-state index contributed by atoms with van der Waals surface area (Å²) in [6, 6.07) is 6.41. The third-order valence-corrected chi connectivity index (χ3v) is 3.29. The van der Waals surface area contributed by atoms with E-state index in [0.29, 0.717) is 6.54 Å². The van der Waals surface area contributed by atoms with Gasteiger partial charge < -0.3 is 10.5 Å².